The summed E-state index contributed by atoms with van der Waals surface area (Å²) in [5.74, 6) is 0.354. The lowest BCUT2D eigenvalue weighted by molar-refractivity contribution is -0.135. The Morgan fingerprint density at radius 3 is 2.97 bits per heavy atom. The van der Waals surface area contributed by atoms with E-state index < -0.39 is 0 Å². The van der Waals surface area contributed by atoms with Gasteiger partial charge in [0.05, 0.1) is 23.5 Å². The van der Waals surface area contributed by atoms with Crippen LogP contribution in [-0.4, -0.2) is 58.4 Å². The molecular weight excluding hydrogens is 373 g/mol. The second-order valence-corrected chi connectivity index (χ2v) is 7.99. The number of carbonyl (C=O) groups is 2. The fraction of sp³-hybridized carbons (Fsp3) is 0.571. The Morgan fingerprint density at radius 2 is 2.14 bits per heavy atom. The average molecular weight is 401 g/mol. The molecule has 8 heteroatoms. The molecule has 0 bridgehead atoms. The molecule has 2 amide bonds. The Labute approximate surface area is 169 Å². The molecule has 1 aliphatic carbocycles. The molecule has 1 aromatic heterocycles. The molecule has 1 aliphatic heterocycles. The number of hydrogen-bond donors (Lipinski definition) is 3. The molecule has 2 aliphatic rings. The quantitative estimate of drug-likeness (QED) is 0.618. The van der Waals surface area contributed by atoms with Crippen LogP contribution in [0.2, 0.25) is 0 Å². The van der Waals surface area contributed by atoms with Crippen LogP contribution < -0.4 is 10.6 Å². The molecular formula is C21H28FN5O2. The van der Waals surface area contributed by atoms with E-state index >= 15 is 0 Å². The van der Waals surface area contributed by atoms with Gasteiger partial charge in [0.2, 0.25) is 11.8 Å². The van der Waals surface area contributed by atoms with E-state index in [0.717, 1.165) is 37.1 Å². The highest BCUT2D eigenvalue weighted by Crippen LogP contribution is 2.26. The van der Waals surface area contributed by atoms with Crippen LogP contribution in [0.25, 0.3) is 11.0 Å². The first-order valence-corrected chi connectivity index (χ1v) is 10.5. The third kappa shape index (κ3) is 4.75. The first-order valence-electron chi connectivity index (χ1n) is 10.5. The van der Waals surface area contributed by atoms with E-state index in [1.54, 1.807) is 6.07 Å². The van der Waals surface area contributed by atoms with E-state index in [0.29, 0.717) is 31.1 Å². The molecule has 29 heavy (non-hydrogen) atoms. The number of H-pyrrole nitrogens is 1. The van der Waals surface area contributed by atoms with E-state index in [9.17, 15) is 14.0 Å². The zero-order chi connectivity index (χ0) is 20.2. The standard InChI is InChI=1S/C21H28FN5O2/c22-14-7-8-16-17(12-14)26-19(25-16)6-3-9-23-20(28)13-18-21(29)24-10-11-27(18)15-4-1-2-5-15/h7-8,12,15,18H,1-6,9-11,13H2,(H,23,28)(H,24,29)(H,25,26). The van der Waals surface area contributed by atoms with Crippen molar-refractivity contribution in [1.82, 2.24) is 25.5 Å². The summed E-state index contributed by atoms with van der Waals surface area (Å²) in [6.07, 6.45) is 6.23. The monoisotopic (exact) mass is 401 g/mol. The summed E-state index contributed by atoms with van der Waals surface area (Å²) in [5, 5.41) is 5.82. The summed E-state index contributed by atoms with van der Waals surface area (Å²) in [7, 11) is 0. The van der Waals surface area contributed by atoms with Gasteiger partial charge in [0.15, 0.2) is 0 Å². The van der Waals surface area contributed by atoms with Crippen LogP contribution >= 0.6 is 0 Å². The van der Waals surface area contributed by atoms with Gasteiger partial charge in [-0.05, 0) is 37.5 Å². The number of fused-ring (bicyclic) bond motifs is 1. The van der Waals surface area contributed by atoms with Crippen molar-refractivity contribution in [3.63, 3.8) is 0 Å². The zero-order valence-corrected chi connectivity index (χ0v) is 16.5. The summed E-state index contributed by atoms with van der Waals surface area (Å²) in [6.45, 7) is 2.00. The third-order valence-electron chi connectivity index (χ3n) is 5.95. The second kappa shape index (κ2) is 8.90. The number of hydrogen-bond acceptors (Lipinski definition) is 4. The predicted molar refractivity (Wildman–Crippen MR) is 108 cm³/mol. The molecule has 2 heterocycles. The third-order valence-corrected chi connectivity index (χ3v) is 5.95. The number of aromatic amines is 1. The lowest BCUT2D eigenvalue weighted by Crippen LogP contribution is -2.59. The highest BCUT2D eigenvalue weighted by molar-refractivity contribution is 5.88. The summed E-state index contributed by atoms with van der Waals surface area (Å²) in [6, 6.07) is 4.54. The molecule has 1 aromatic carbocycles. The SMILES string of the molecule is O=C(CC1C(=O)NCCN1C1CCCC1)NCCCc1nc2ccc(F)cc2[nH]1. The number of aryl methyl sites for hydroxylation is 1. The Kier molecular flexibility index (Phi) is 6.08. The Hall–Kier alpha value is -2.48. The topological polar surface area (TPSA) is 90.1 Å². The van der Waals surface area contributed by atoms with Gasteiger partial charge in [-0.1, -0.05) is 12.8 Å². The lowest BCUT2D eigenvalue weighted by Gasteiger charge is -2.38. The van der Waals surface area contributed by atoms with Crippen molar-refractivity contribution in [3.8, 4) is 0 Å². The van der Waals surface area contributed by atoms with Crippen molar-refractivity contribution in [3.05, 3.63) is 29.8 Å². The normalized spacial score (nSPS) is 20.9. The molecule has 156 valence electrons. The van der Waals surface area contributed by atoms with E-state index in [1.807, 2.05) is 0 Å². The second-order valence-electron chi connectivity index (χ2n) is 7.99. The number of amides is 2. The van der Waals surface area contributed by atoms with Crippen molar-refractivity contribution >= 4 is 22.8 Å². The van der Waals surface area contributed by atoms with E-state index in [4.69, 9.17) is 0 Å². The first-order chi connectivity index (χ1) is 14.1. The zero-order valence-electron chi connectivity index (χ0n) is 16.5. The summed E-state index contributed by atoms with van der Waals surface area (Å²) < 4.78 is 13.3. The molecule has 1 atom stereocenters. The number of aromatic nitrogens is 2. The molecule has 0 radical (unpaired) electrons. The number of nitrogens with one attached hydrogen (secondary N) is 3. The number of halogens is 1. The molecule has 3 N–H and O–H groups in total. The summed E-state index contributed by atoms with van der Waals surface area (Å²) in [4.78, 5) is 34.6. The van der Waals surface area contributed by atoms with Crippen molar-refractivity contribution in [1.29, 1.82) is 0 Å². The molecule has 4 rings (SSSR count). The van der Waals surface area contributed by atoms with Gasteiger partial charge < -0.3 is 15.6 Å². The number of benzene rings is 1. The minimum atomic E-state index is -0.364. The minimum absolute atomic E-state index is 0.0344. The van der Waals surface area contributed by atoms with Gasteiger partial charge in [0.25, 0.3) is 0 Å². The first kappa shape index (κ1) is 19.8. The van der Waals surface area contributed by atoms with Gasteiger partial charge in [-0.2, -0.15) is 0 Å². The van der Waals surface area contributed by atoms with Crippen molar-refractivity contribution in [2.45, 2.75) is 57.0 Å². The van der Waals surface area contributed by atoms with Crippen molar-refractivity contribution in [2.75, 3.05) is 19.6 Å². The van der Waals surface area contributed by atoms with Crippen LogP contribution in [0.5, 0.6) is 0 Å². The summed E-state index contributed by atoms with van der Waals surface area (Å²) in [5.41, 5.74) is 1.42. The number of piperazine rings is 1. The largest absolute Gasteiger partial charge is 0.356 e. The minimum Gasteiger partial charge on any atom is -0.356 e. The Balaban J connectivity index is 1.24. The average Bonchev–Trinajstić information content (AvgIpc) is 3.36. The van der Waals surface area contributed by atoms with Crippen molar-refractivity contribution in [2.24, 2.45) is 0 Å². The molecule has 1 unspecified atom stereocenters. The maximum Gasteiger partial charge on any atom is 0.237 e. The van der Waals surface area contributed by atoms with Crippen LogP contribution in [0.4, 0.5) is 4.39 Å². The molecule has 1 saturated heterocycles. The molecule has 0 spiro atoms. The van der Waals surface area contributed by atoms with Crippen LogP contribution in [0.15, 0.2) is 18.2 Å². The Bertz CT molecular complexity index is 877. The van der Waals surface area contributed by atoms with E-state index in [-0.39, 0.29) is 30.1 Å². The maximum absolute atomic E-state index is 13.3. The maximum atomic E-state index is 13.3. The Morgan fingerprint density at radius 1 is 1.31 bits per heavy atom. The van der Waals surface area contributed by atoms with Crippen LogP contribution in [-0.2, 0) is 16.0 Å². The van der Waals surface area contributed by atoms with Crippen molar-refractivity contribution < 1.29 is 14.0 Å². The highest BCUT2D eigenvalue weighted by atomic mass is 19.1. The molecule has 2 aromatic rings. The van der Waals surface area contributed by atoms with Gasteiger partial charge in [-0.25, -0.2) is 9.37 Å². The van der Waals surface area contributed by atoms with Crippen LogP contribution in [0.3, 0.4) is 0 Å². The number of carbonyl (C=O) groups excluding carboxylic acids is 2. The van der Waals surface area contributed by atoms with Crippen LogP contribution in [0, 0.1) is 5.82 Å². The van der Waals surface area contributed by atoms with Gasteiger partial charge in [-0.15, -0.1) is 0 Å². The number of imidazole rings is 1. The van der Waals surface area contributed by atoms with E-state index in [1.165, 1.54) is 25.0 Å². The number of rotatable bonds is 7. The van der Waals surface area contributed by atoms with Crippen LogP contribution in [0.1, 0.15) is 44.3 Å². The fourth-order valence-corrected chi connectivity index (χ4v) is 4.50. The fourth-order valence-electron chi connectivity index (χ4n) is 4.50. The molecule has 2 fully saturated rings. The molecule has 1 saturated carbocycles. The smallest absolute Gasteiger partial charge is 0.237 e. The van der Waals surface area contributed by atoms with E-state index in [2.05, 4.69) is 25.5 Å². The number of nitrogens with zero attached hydrogens (tertiary/aromatic N) is 2. The van der Waals surface area contributed by atoms with Gasteiger partial charge in [0.1, 0.15) is 11.6 Å². The highest BCUT2D eigenvalue weighted by Gasteiger charge is 2.36. The predicted octanol–water partition coefficient (Wildman–Crippen LogP) is 1.88. The van der Waals surface area contributed by atoms with Gasteiger partial charge in [0, 0.05) is 32.1 Å². The van der Waals surface area contributed by atoms with Gasteiger partial charge >= 0.3 is 0 Å². The molecule has 7 nitrogen and oxygen atoms in total. The summed E-state index contributed by atoms with van der Waals surface area (Å²) >= 11 is 0. The van der Waals surface area contributed by atoms with Gasteiger partial charge in [-0.3, -0.25) is 14.5 Å². The lowest BCUT2D eigenvalue weighted by atomic mass is 10.0.